The Morgan fingerprint density at radius 2 is 1.55 bits per heavy atom. The molecule has 2 aromatic rings. The van der Waals surface area contributed by atoms with Gasteiger partial charge in [0.1, 0.15) is 17.5 Å². The Morgan fingerprint density at radius 3 is 2.10 bits per heavy atom. The minimum Gasteiger partial charge on any atom is -0.309 e. The SMILES string of the molecule is CNC(c1cc(C)ccc1C)c1c(F)cc(F)cc1F. The van der Waals surface area contributed by atoms with Crippen LogP contribution in [0, 0.1) is 31.3 Å². The summed E-state index contributed by atoms with van der Waals surface area (Å²) in [6.07, 6.45) is 0. The summed E-state index contributed by atoms with van der Waals surface area (Å²) in [6.45, 7) is 3.78. The summed E-state index contributed by atoms with van der Waals surface area (Å²) in [5, 5.41) is 2.90. The summed E-state index contributed by atoms with van der Waals surface area (Å²) < 4.78 is 40.9. The van der Waals surface area contributed by atoms with E-state index >= 15 is 0 Å². The van der Waals surface area contributed by atoms with Crippen molar-refractivity contribution in [1.82, 2.24) is 5.32 Å². The molecule has 1 N–H and O–H groups in total. The van der Waals surface area contributed by atoms with Crippen molar-refractivity contribution in [2.45, 2.75) is 19.9 Å². The monoisotopic (exact) mass is 279 g/mol. The zero-order chi connectivity index (χ0) is 14.9. The van der Waals surface area contributed by atoms with Gasteiger partial charge in [-0.3, -0.25) is 0 Å². The van der Waals surface area contributed by atoms with Crippen molar-refractivity contribution in [3.8, 4) is 0 Å². The van der Waals surface area contributed by atoms with Crippen LogP contribution in [0.15, 0.2) is 30.3 Å². The van der Waals surface area contributed by atoms with Gasteiger partial charge in [0.05, 0.1) is 6.04 Å². The minimum absolute atomic E-state index is 0.164. The Bertz CT molecular complexity index is 615. The molecule has 0 saturated carbocycles. The standard InChI is InChI=1S/C16H16F3N/c1-9-4-5-10(2)12(6-9)16(20-3)15-13(18)7-11(17)8-14(15)19/h4-8,16,20H,1-3H3. The Hall–Kier alpha value is -1.81. The largest absolute Gasteiger partial charge is 0.309 e. The highest BCUT2D eigenvalue weighted by Crippen LogP contribution is 2.29. The van der Waals surface area contributed by atoms with Crippen LogP contribution in [0.2, 0.25) is 0 Å². The fourth-order valence-corrected chi connectivity index (χ4v) is 2.36. The summed E-state index contributed by atoms with van der Waals surface area (Å²) in [5.41, 5.74) is 2.52. The van der Waals surface area contributed by atoms with E-state index in [9.17, 15) is 13.2 Å². The molecule has 0 aliphatic rings. The van der Waals surface area contributed by atoms with Crippen LogP contribution in [0.1, 0.15) is 28.3 Å². The summed E-state index contributed by atoms with van der Waals surface area (Å²) >= 11 is 0. The molecule has 1 atom stereocenters. The topological polar surface area (TPSA) is 12.0 Å². The second kappa shape index (κ2) is 5.67. The average Bonchev–Trinajstić information content (AvgIpc) is 2.37. The van der Waals surface area contributed by atoms with Crippen molar-refractivity contribution in [2.75, 3.05) is 7.05 Å². The van der Waals surface area contributed by atoms with Crippen molar-refractivity contribution in [1.29, 1.82) is 0 Å². The van der Waals surface area contributed by atoms with Crippen molar-refractivity contribution < 1.29 is 13.2 Å². The lowest BCUT2D eigenvalue weighted by atomic mass is 9.93. The molecule has 106 valence electrons. The second-order valence-corrected chi connectivity index (χ2v) is 4.86. The van der Waals surface area contributed by atoms with Crippen LogP contribution >= 0.6 is 0 Å². The first kappa shape index (κ1) is 14.6. The number of nitrogens with one attached hydrogen (secondary N) is 1. The van der Waals surface area contributed by atoms with Crippen molar-refractivity contribution in [2.24, 2.45) is 0 Å². The molecule has 0 spiro atoms. The van der Waals surface area contributed by atoms with Crippen LogP contribution in [0.5, 0.6) is 0 Å². The molecule has 0 fully saturated rings. The van der Waals surface area contributed by atoms with Gasteiger partial charge in [-0.15, -0.1) is 0 Å². The number of aryl methyl sites for hydroxylation is 2. The molecule has 1 unspecified atom stereocenters. The van der Waals surface area contributed by atoms with Crippen LogP contribution in [0.3, 0.4) is 0 Å². The first-order valence-electron chi connectivity index (χ1n) is 6.33. The maximum Gasteiger partial charge on any atom is 0.134 e. The molecule has 20 heavy (non-hydrogen) atoms. The fourth-order valence-electron chi connectivity index (χ4n) is 2.36. The average molecular weight is 279 g/mol. The van der Waals surface area contributed by atoms with E-state index in [0.29, 0.717) is 12.1 Å². The van der Waals surface area contributed by atoms with Gasteiger partial charge in [-0.1, -0.05) is 23.8 Å². The van der Waals surface area contributed by atoms with E-state index in [-0.39, 0.29) is 5.56 Å². The smallest absolute Gasteiger partial charge is 0.134 e. The predicted molar refractivity (Wildman–Crippen MR) is 73.1 cm³/mol. The zero-order valence-corrected chi connectivity index (χ0v) is 11.6. The Balaban J connectivity index is 2.61. The molecule has 0 heterocycles. The van der Waals surface area contributed by atoms with Gasteiger partial charge < -0.3 is 5.32 Å². The van der Waals surface area contributed by atoms with Gasteiger partial charge in [0, 0.05) is 17.7 Å². The van der Waals surface area contributed by atoms with E-state index < -0.39 is 23.5 Å². The number of halogens is 3. The van der Waals surface area contributed by atoms with E-state index in [2.05, 4.69) is 5.32 Å². The summed E-state index contributed by atoms with van der Waals surface area (Å²) in [6, 6.07) is 6.45. The van der Waals surface area contributed by atoms with E-state index in [1.165, 1.54) is 0 Å². The van der Waals surface area contributed by atoms with Gasteiger partial charge in [0.2, 0.25) is 0 Å². The molecule has 2 rings (SSSR count). The van der Waals surface area contributed by atoms with Gasteiger partial charge in [-0.05, 0) is 32.0 Å². The van der Waals surface area contributed by atoms with Crippen LogP contribution in [-0.4, -0.2) is 7.05 Å². The maximum atomic E-state index is 13.9. The molecule has 0 amide bonds. The molecular weight excluding hydrogens is 263 g/mol. The summed E-state index contributed by atoms with van der Waals surface area (Å²) in [4.78, 5) is 0. The third kappa shape index (κ3) is 2.70. The predicted octanol–water partition coefficient (Wildman–Crippen LogP) is 4.03. The second-order valence-electron chi connectivity index (χ2n) is 4.86. The minimum atomic E-state index is -0.917. The van der Waals surface area contributed by atoms with Crippen LogP contribution in [0.4, 0.5) is 13.2 Å². The van der Waals surface area contributed by atoms with Gasteiger partial charge in [-0.2, -0.15) is 0 Å². The molecule has 0 saturated heterocycles. The zero-order valence-electron chi connectivity index (χ0n) is 11.6. The van der Waals surface area contributed by atoms with Crippen LogP contribution in [-0.2, 0) is 0 Å². The molecule has 4 heteroatoms. The Morgan fingerprint density at radius 1 is 0.950 bits per heavy atom. The third-order valence-corrected chi connectivity index (χ3v) is 3.37. The molecule has 1 nitrogen and oxygen atoms in total. The Labute approximate surface area is 116 Å². The van der Waals surface area contributed by atoms with Crippen molar-refractivity contribution in [3.05, 3.63) is 70.0 Å². The number of benzene rings is 2. The number of hydrogen-bond acceptors (Lipinski definition) is 1. The van der Waals surface area contributed by atoms with Gasteiger partial charge >= 0.3 is 0 Å². The van der Waals surface area contributed by atoms with E-state index in [0.717, 1.165) is 16.7 Å². The first-order valence-corrected chi connectivity index (χ1v) is 6.33. The van der Waals surface area contributed by atoms with Gasteiger partial charge in [-0.25, -0.2) is 13.2 Å². The lowest BCUT2D eigenvalue weighted by molar-refractivity contribution is 0.499. The highest BCUT2D eigenvalue weighted by atomic mass is 19.1. The highest BCUT2D eigenvalue weighted by Gasteiger charge is 2.23. The summed E-state index contributed by atoms with van der Waals surface area (Å²) in [5.74, 6) is -2.69. The van der Waals surface area contributed by atoms with E-state index in [1.807, 2.05) is 32.0 Å². The number of rotatable bonds is 3. The molecule has 0 aliphatic heterocycles. The highest BCUT2D eigenvalue weighted by molar-refractivity contribution is 5.40. The van der Waals surface area contributed by atoms with Crippen LogP contribution < -0.4 is 5.32 Å². The molecule has 0 aromatic heterocycles. The lowest BCUT2D eigenvalue weighted by Gasteiger charge is -2.21. The van der Waals surface area contributed by atoms with Gasteiger partial charge in [0.15, 0.2) is 0 Å². The van der Waals surface area contributed by atoms with E-state index in [4.69, 9.17) is 0 Å². The van der Waals surface area contributed by atoms with Crippen LogP contribution in [0.25, 0.3) is 0 Å². The summed E-state index contributed by atoms with van der Waals surface area (Å²) in [7, 11) is 1.62. The molecule has 0 radical (unpaired) electrons. The first-order chi connectivity index (χ1) is 9.43. The number of hydrogen-bond donors (Lipinski definition) is 1. The fraction of sp³-hybridized carbons (Fsp3) is 0.250. The Kier molecular flexibility index (Phi) is 4.14. The van der Waals surface area contributed by atoms with Crippen molar-refractivity contribution in [3.63, 3.8) is 0 Å². The van der Waals surface area contributed by atoms with Gasteiger partial charge in [0.25, 0.3) is 0 Å². The molecule has 2 aromatic carbocycles. The van der Waals surface area contributed by atoms with E-state index in [1.54, 1.807) is 7.05 Å². The molecule has 0 aliphatic carbocycles. The van der Waals surface area contributed by atoms with Crippen molar-refractivity contribution >= 4 is 0 Å². The molecule has 0 bridgehead atoms. The quantitative estimate of drug-likeness (QED) is 0.894. The third-order valence-electron chi connectivity index (χ3n) is 3.37. The molecular formula is C16H16F3N. The lowest BCUT2D eigenvalue weighted by Crippen LogP contribution is -2.21. The normalized spacial score (nSPS) is 12.5. The maximum absolute atomic E-state index is 13.9.